The zero-order valence-electron chi connectivity index (χ0n) is 13.9. The summed E-state index contributed by atoms with van der Waals surface area (Å²) >= 11 is 6.04. The van der Waals surface area contributed by atoms with Crippen LogP contribution in [0.2, 0.25) is 5.02 Å². The minimum absolute atomic E-state index is 0.123. The molecule has 0 saturated heterocycles. The minimum Gasteiger partial charge on any atom is -0.309 e. The highest BCUT2D eigenvalue weighted by Gasteiger charge is 2.43. The van der Waals surface area contributed by atoms with E-state index in [9.17, 15) is 18.0 Å². The third-order valence-corrected chi connectivity index (χ3v) is 4.99. The van der Waals surface area contributed by atoms with Crippen molar-refractivity contribution in [2.24, 2.45) is 5.92 Å². The molecule has 7 nitrogen and oxygen atoms in total. The lowest BCUT2D eigenvalue weighted by molar-refractivity contribution is -0.117. The first-order valence-corrected chi connectivity index (χ1v) is 8.61. The molecule has 1 fully saturated rings. The summed E-state index contributed by atoms with van der Waals surface area (Å²) in [6, 6.07) is 0. The van der Waals surface area contributed by atoms with E-state index in [0.717, 1.165) is 0 Å². The number of nitrogens with one attached hydrogen (secondary N) is 2. The van der Waals surface area contributed by atoms with Gasteiger partial charge in [-0.25, -0.2) is 18.2 Å². The first kappa shape index (κ1) is 17.0. The van der Waals surface area contributed by atoms with Crippen LogP contribution in [0.4, 0.5) is 19.0 Å². The van der Waals surface area contributed by atoms with E-state index in [-0.39, 0.29) is 34.4 Å². The quantitative estimate of drug-likeness (QED) is 0.510. The fourth-order valence-corrected chi connectivity index (χ4v) is 3.35. The number of alkyl halides is 1. The molecule has 1 aromatic carbocycles. The SMILES string of the molecule is O=C(Nc1cn2cc(-c3c(Cl)c(F)c(F)c4[nH]ncc34)ncc2n1)C1CC1F. The van der Waals surface area contributed by atoms with Crippen molar-refractivity contribution in [3.05, 3.63) is 41.4 Å². The fraction of sp³-hybridized carbons (Fsp3) is 0.176. The molecule has 28 heavy (non-hydrogen) atoms. The number of fused-ring (bicyclic) bond motifs is 2. The standard InChI is InChI=1S/C17H10ClF3N6O/c18-13-12(7-2-23-26-16(7)15(21)14(13)20)9-4-27-5-10(24-11(27)3-22-9)25-17(28)6-1-8(6)19/h2-6,8H,1H2,(H,23,26)(H,25,28). The first-order chi connectivity index (χ1) is 13.4. The Morgan fingerprint density at radius 1 is 1.29 bits per heavy atom. The van der Waals surface area contributed by atoms with Crippen molar-refractivity contribution in [2.45, 2.75) is 12.6 Å². The number of nitrogens with zero attached hydrogens (tertiary/aromatic N) is 4. The second-order valence-corrected chi connectivity index (χ2v) is 6.87. The Balaban J connectivity index is 1.58. The molecule has 11 heteroatoms. The summed E-state index contributed by atoms with van der Waals surface area (Å²) in [4.78, 5) is 20.3. The molecule has 0 radical (unpaired) electrons. The lowest BCUT2D eigenvalue weighted by Gasteiger charge is -2.08. The summed E-state index contributed by atoms with van der Waals surface area (Å²) in [5.41, 5.74) is 0.698. The van der Waals surface area contributed by atoms with Gasteiger partial charge in [-0.1, -0.05) is 11.6 Å². The fourth-order valence-electron chi connectivity index (χ4n) is 3.07. The molecule has 2 N–H and O–H groups in total. The Hall–Kier alpha value is -3.14. The van der Waals surface area contributed by atoms with Crippen LogP contribution in [0.15, 0.2) is 24.8 Å². The van der Waals surface area contributed by atoms with Crippen LogP contribution in [0.3, 0.4) is 0 Å². The van der Waals surface area contributed by atoms with E-state index in [4.69, 9.17) is 11.6 Å². The number of anilines is 1. The van der Waals surface area contributed by atoms with E-state index in [0.29, 0.717) is 5.65 Å². The van der Waals surface area contributed by atoms with Crippen LogP contribution < -0.4 is 5.32 Å². The molecule has 1 aliphatic rings. The van der Waals surface area contributed by atoms with E-state index < -0.39 is 34.7 Å². The van der Waals surface area contributed by atoms with Gasteiger partial charge in [0.25, 0.3) is 0 Å². The highest BCUT2D eigenvalue weighted by molar-refractivity contribution is 6.35. The topological polar surface area (TPSA) is 88.0 Å². The van der Waals surface area contributed by atoms with Gasteiger partial charge < -0.3 is 9.72 Å². The lowest BCUT2D eigenvalue weighted by Crippen LogP contribution is -2.15. The van der Waals surface area contributed by atoms with Crippen LogP contribution in [0.1, 0.15) is 6.42 Å². The van der Waals surface area contributed by atoms with E-state index in [1.54, 1.807) is 4.40 Å². The zero-order valence-corrected chi connectivity index (χ0v) is 14.6. The van der Waals surface area contributed by atoms with Crippen molar-refractivity contribution in [3.8, 4) is 11.3 Å². The summed E-state index contributed by atoms with van der Waals surface area (Å²) < 4.78 is 42.8. The lowest BCUT2D eigenvalue weighted by atomic mass is 10.1. The molecule has 1 saturated carbocycles. The predicted octanol–water partition coefficient (Wildman–Crippen LogP) is 3.50. The molecule has 0 bridgehead atoms. The van der Waals surface area contributed by atoms with Gasteiger partial charge >= 0.3 is 0 Å². The van der Waals surface area contributed by atoms with Crippen molar-refractivity contribution in [1.29, 1.82) is 0 Å². The Labute approximate surface area is 159 Å². The molecule has 0 aliphatic heterocycles. The summed E-state index contributed by atoms with van der Waals surface area (Å²) in [6.45, 7) is 0. The van der Waals surface area contributed by atoms with Gasteiger partial charge in [-0.2, -0.15) is 5.10 Å². The van der Waals surface area contributed by atoms with Crippen LogP contribution in [0.25, 0.3) is 27.8 Å². The van der Waals surface area contributed by atoms with Gasteiger partial charge in [0, 0.05) is 17.1 Å². The van der Waals surface area contributed by atoms with Gasteiger partial charge in [0.15, 0.2) is 23.1 Å². The number of aromatic nitrogens is 5. The number of hydrogen-bond donors (Lipinski definition) is 2. The van der Waals surface area contributed by atoms with Crippen LogP contribution in [0, 0.1) is 17.6 Å². The normalized spacial score (nSPS) is 18.7. The number of halogens is 4. The summed E-state index contributed by atoms with van der Waals surface area (Å²) in [5.74, 6) is -3.19. The number of aromatic amines is 1. The molecule has 142 valence electrons. The number of rotatable bonds is 3. The Morgan fingerprint density at radius 3 is 2.82 bits per heavy atom. The Bertz CT molecular complexity index is 1270. The molecule has 5 rings (SSSR count). The molecule has 1 amide bonds. The summed E-state index contributed by atoms with van der Waals surface area (Å²) in [6.07, 6.45) is 4.84. The van der Waals surface area contributed by atoms with Crippen molar-refractivity contribution in [2.75, 3.05) is 5.32 Å². The highest BCUT2D eigenvalue weighted by atomic mass is 35.5. The smallest absolute Gasteiger partial charge is 0.231 e. The molecule has 3 heterocycles. The predicted molar refractivity (Wildman–Crippen MR) is 94.6 cm³/mol. The van der Waals surface area contributed by atoms with Crippen molar-refractivity contribution < 1.29 is 18.0 Å². The average molecular weight is 407 g/mol. The van der Waals surface area contributed by atoms with Crippen LogP contribution >= 0.6 is 11.6 Å². The number of benzene rings is 1. The molecular formula is C17H10ClF3N6O. The van der Waals surface area contributed by atoms with Gasteiger partial charge in [0.2, 0.25) is 5.91 Å². The van der Waals surface area contributed by atoms with Gasteiger partial charge in [0.05, 0.1) is 35.2 Å². The molecule has 2 unspecified atom stereocenters. The monoisotopic (exact) mass is 406 g/mol. The third-order valence-electron chi connectivity index (χ3n) is 4.63. The van der Waals surface area contributed by atoms with Crippen LogP contribution in [0.5, 0.6) is 0 Å². The molecule has 3 aromatic heterocycles. The summed E-state index contributed by atoms with van der Waals surface area (Å²) in [5, 5.41) is 8.54. The Kier molecular flexibility index (Phi) is 3.60. The van der Waals surface area contributed by atoms with E-state index in [2.05, 4.69) is 25.5 Å². The van der Waals surface area contributed by atoms with E-state index in [1.807, 2.05) is 0 Å². The number of carbonyl (C=O) groups excluding carboxylic acids is 1. The molecule has 2 atom stereocenters. The number of H-pyrrole nitrogens is 1. The van der Waals surface area contributed by atoms with E-state index in [1.165, 1.54) is 24.8 Å². The maximum absolute atomic E-state index is 14.2. The molecule has 1 aliphatic carbocycles. The zero-order chi connectivity index (χ0) is 19.6. The van der Waals surface area contributed by atoms with Gasteiger partial charge in [0.1, 0.15) is 11.7 Å². The number of amides is 1. The van der Waals surface area contributed by atoms with Gasteiger partial charge in [-0.15, -0.1) is 0 Å². The average Bonchev–Trinajstić information content (AvgIpc) is 3.06. The van der Waals surface area contributed by atoms with Crippen molar-refractivity contribution in [3.63, 3.8) is 0 Å². The third kappa shape index (κ3) is 2.52. The second-order valence-electron chi connectivity index (χ2n) is 6.49. The first-order valence-electron chi connectivity index (χ1n) is 8.23. The molecule has 0 spiro atoms. The van der Waals surface area contributed by atoms with Crippen molar-refractivity contribution in [1.82, 2.24) is 24.6 Å². The maximum Gasteiger partial charge on any atom is 0.231 e. The summed E-state index contributed by atoms with van der Waals surface area (Å²) in [7, 11) is 0. The van der Waals surface area contributed by atoms with Crippen molar-refractivity contribution >= 4 is 39.9 Å². The van der Waals surface area contributed by atoms with E-state index >= 15 is 0 Å². The second kappa shape index (κ2) is 5.93. The largest absolute Gasteiger partial charge is 0.309 e. The van der Waals surface area contributed by atoms with Gasteiger partial charge in [-0.3, -0.25) is 14.9 Å². The van der Waals surface area contributed by atoms with Gasteiger partial charge in [-0.05, 0) is 6.42 Å². The molecular weight excluding hydrogens is 397 g/mol. The highest BCUT2D eigenvalue weighted by Crippen LogP contribution is 2.38. The maximum atomic E-state index is 14.2. The Morgan fingerprint density at radius 2 is 2.07 bits per heavy atom. The van der Waals surface area contributed by atoms with Crippen LogP contribution in [-0.2, 0) is 4.79 Å². The van der Waals surface area contributed by atoms with Crippen LogP contribution in [-0.4, -0.2) is 36.6 Å². The number of hydrogen-bond acceptors (Lipinski definition) is 4. The minimum atomic E-state index is -1.21. The number of carbonyl (C=O) groups is 1. The molecule has 4 aromatic rings. The number of imidazole rings is 1.